The molecule has 5 heteroatoms. The van der Waals surface area contributed by atoms with Crippen LogP contribution in [0.4, 0.5) is 34.1 Å². The van der Waals surface area contributed by atoms with Crippen LogP contribution in [-0.4, -0.2) is 8.07 Å². The van der Waals surface area contributed by atoms with Gasteiger partial charge in [-0.15, -0.1) is 0 Å². The van der Waals surface area contributed by atoms with Gasteiger partial charge in [-0.1, -0.05) is 370 Å². The third-order valence-corrected chi connectivity index (χ3v) is 27.9. The van der Waals surface area contributed by atoms with Crippen LogP contribution in [0.25, 0.3) is 110 Å². The molecule has 512 valence electrons. The van der Waals surface area contributed by atoms with Gasteiger partial charge < -0.3 is 18.6 Å². The molecule has 0 saturated carbocycles. The van der Waals surface area contributed by atoms with Crippen molar-refractivity contribution in [2.24, 2.45) is 0 Å². The van der Waals surface area contributed by atoms with E-state index in [9.17, 15) is 0 Å². The fourth-order valence-corrected chi connectivity index (χ4v) is 23.1. The van der Waals surface area contributed by atoms with Gasteiger partial charge in [0.2, 0.25) is 0 Å². The zero-order valence-electron chi connectivity index (χ0n) is 59.9. The summed E-state index contributed by atoms with van der Waals surface area (Å²) >= 11 is 0. The number of fused-ring (bicyclic) bond motifs is 13. The number of aryl methyl sites for hydroxylation is 1. The van der Waals surface area contributed by atoms with E-state index in [0.717, 1.165) is 144 Å². The van der Waals surface area contributed by atoms with Gasteiger partial charge in [0, 0.05) is 54.5 Å². The number of anilines is 6. The molecule has 21 rings (SSSR count). The first kappa shape index (κ1) is 63.6. The Morgan fingerprint density at radius 2 is 0.624 bits per heavy atom. The van der Waals surface area contributed by atoms with E-state index in [0.29, 0.717) is 0 Å². The van der Waals surface area contributed by atoms with Crippen LogP contribution in [0.1, 0.15) is 27.8 Å². The highest BCUT2D eigenvalue weighted by atomic mass is 28.3. The Morgan fingerprint density at radius 1 is 0.248 bits per heavy atom. The fraction of sp³-hybridized carbons (Fsp3) is 0.0192. The molecule has 4 nitrogen and oxygen atoms in total. The molecule has 0 unspecified atom stereocenters. The molecule has 109 heavy (non-hydrogen) atoms. The zero-order valence-corrected chi connectivity index (χ0v) is 60.9. The maximum Gasteiger partial charge on any atom is 0.179 e. The summed E-state index contributed by atoms with van der Waals surface area (Å²) in [6, 6.07) is 151. The molecule has 2 aromatic heterocycles. The lowest BCUT2D eigenvalue weighted by molar-refractivity contribution is 0.670. The van der Waals surface area contributed by atoms with Crippen LogP contribution in [0, 0.1) is 6.92 Å². The van der Waals surface area contributed by atoms with Crippen molar-refractivity contribution in [2.75, 3.05) is 9.80 Å². The van der Waals surface area contributed by atoms with Crippen molar-refractivity contribution in [2.45, 2.75) is 12.3 Å². The molecular formula is C104H70N2O2Si. The molecule has 0 bridgehead atoms. The number of nitrogens with zero attached hydrogens (tertiary/aromatic N) is 2. The molecule has 0 fully saturated rings. The second-order valence-corrected chi connectivity index (χ2v) is 32.7. The molecular weight excluding hydrogens is 1340 g/mol. The summed E-state index contributed by atoms with van der Waals surface area (Å²) in [5.41, 5.74) is 21.0. The van der Waals surface area contributed by atoms with E-state index >= 15 is 0 Å². The summed E-state index contributed by atoms with van der Waals surface area (Å²) in [5.74, 6) is 0. The van der Waals surface area contributed by atoms with E-state index in [1.54, 1.807) is 0 Å². The maximum absolute atomic E-state index is 7.65. The van der Waals surface area contributed by atoms with Crippen molar-refractivity contribution >= 4 is 139 Å². The minimum atomic E-state index is -2.79. The highest BCUT2D eigenvalue weighted by molar-refractivity contribution is 7.19. The molecule has 20 aromatic rings. The van der Waals surface area contributed by atoms with Gasteiger partial charge in [0.25, 0.3) is 0 Å². The lowest BCUT2D eigenvalue weighted by Gasteiger charge is -2.36. The first-order chi connectivity index (χ1) is 54.0. The Balaban J connectivity index is 0.790. The van der Waals surface area contributed by atoms with Crippen LogP contribution in [0.15, 0.2) is 415 Å². The van der Waals surface area contributed by atoms with Crippen LogP contribution < -0.4 is 30.5 Å². The maximum atomic E-state index is 7.65. The van der Waals surface area contributed by atoms with E-state index < -0.39 is 13.5 Å². The predicted molar refractivity (Wildman–Crippen MR) is 459 cm³/mol. The van der Waals surface area contributed by atoms with Gasteiger partial charge in [0.05, 0.1) is 33.9 Å². The second-order valence-electron chi connectivity index (χ2n) is 28.9. The van der Waals surface area contributed by atoms with E-state index in [1.165, 1.54) is 48.6 Å². The Hall–Kier alpha value is -13.8. The molecule has 0 radical (unpaired) electrons. The van der Waals surface area contributed by atoms with Gasteiger partial charge in [0.15, 0.2) is 19.2 Å². The predicted octanol–water partition coefficient (Wildman–Crippen LogP) is 25.3. The average molecular weight is 1410 g/mol. The Kier molecular flexibility index (Phi) is 15.0. The van der Waals surface area contributed by atoms with Crippen molar-refractivity contribution in [1.82, 2.24) is 0 Å². The molecule has 0 amide bonds. The summed E-state index contributed by atoms with van der Waals surface area (Å²) in [5, 5.41) is 16.3. The first-order valence-electron chi connectivity index (χ1n) is 37.6. The summed E-state index contributed by atoms with van der Waals surface area (Å²) in [6.45, 7) is 2.14. The molecule has 2 heterocycles. The molecule has 0 atom stereocenters. The average Bonchev–Trinajstić information content (AvgIpc) is 1.53. The Bertz CT molecular complexity index is 6770. The number of hydrogen-bond acceptors (Lipinski definition) is 4. The summed E-state index contributed by atoms with van der Waals surface area (Å²) < 4.78 is 15.1. The highest BCUT2D eigenvalue weighted by Gasteiger charge is 2.49. The van der Waals surface area contributed by atoms with Crippen LogP contribution >= 0.6 is 0 Å². The number of para-hydroxylation sites is 4. The summed E-state index contributed by atoms with van der Waals surface area (Å²) in [7, 11) is -2.79. The normalized spacial score (nSPS) is 12.5. The molecule has 0 aliphatic heterocycles. The largest absolute Gasteiger partial charge is 0.453 e. The Morgan fingerprint density at radius 3 is 1.14 bits per heavy atom. The zero-order chi connectivity index (χ0) is 72.2. The van der Waals surface area contributed by atoms with Gasteiger partial charge in [-0.25, -0.2) is 0 Å². The van der Waals surface area contributed by atoms with Gasteiger partial charge in [-0.2, -0.15) is 0 Å². The van der Waals surface area contributed by atoms with Gasteiger partial charge in [-0.05, 0) is 131 Å². The summed E-state index contributed by atoms with van der Waals surface area (Å²) in [6.07, 6.45) is 0. The van der Waals surface area contributed by atoms with E-state index in [1.807, 2.05) is 0 Å². The standard InChI is InChI=1S/C104H70N2O2Si/c1-69-57-59-72(60-58-69)83-47-25-50-88-90-52-28-56-97(103(90)108-100(83)88)106(95-54-24-32-71-30-18-20-44-82(71)95)98-68-93-99(86-46-22-21-45-85(86)98)91-66-63-76(67-92(91)104(93,74-33-7-2-8-34-74)75-35-9-3-10-36-75)105(94-53-23-31-70-29-17-19-43-81(70)94)96-55-27-51-89-87-49-26-48-84(101(87)107-102(89)96)73-61-64-80(65-62-73)109(77-37-11-4-12-38-77,78-39-13-5-14-40-78)79-41-15-6-16-42-79/h2-68H,1H3. The molecule has 1 aliphatic rings. The number of benzene rings is 18. The molecule has 1 aliphatic carbocycles. The quantitative estimate of drug-likeness (QED) is 0.0802. The fourth-order valence-electron chi connectivity index (χ4n) is 18.4. The van der Waals surface area contributed by atoms with Gasteiger partial charge in [-0.3, -0.25) is 0 Å². The number of hydrogen-bond donors (Lipinski definition) is 0. The highest BCUT2D eigenvalue weighted by Crippen LogP contribution is 2.62. The second kappa shape index (κ2) is 25.7. The third-order valence-electron chi connectivity index (χ3n) is 23.1. The van der Waals surface area contributed by atoms with Crippen LogP contribution in [0.2, 0.25) is 0 Å². The summed E-state index contributed by atoms with van der Waals surface area (Å²) in [4.78, 5) is 4.97. The monoisotopic (exact) mass is 1410 g/mol. The van der Waals surface area contributed by atoms with Crippen molar-refractivity contribution in [1.29, 1.82) is 0 Å². The molecule has 0 N–H and O–H groups in total. The van der Waals surface area contributed by atoms with Crippen LogP contribution in [0.3, 0.4) is 0 Å². The van der Waals surface area contributed by atoms with E-state index in [-0.39, 0.29) is 0 Å². The van der Waals surface area contributed by atoms with Crippen LogP contribution in [-0.2, 0) is 5.41 Å². The van der Waals surface area contributed by atoms with Crippen molar-refractivity contribution in [3.05, 3.63) is 434 Å². The lowest BCUT2D eigenvalue weighted by atomic mass is 9.67. The van der Waals surface area contributed by atoms with Crippen molar-refractivity contribution < 1.29 is 8.83 Å². The molecule has 0 spiro atoms. The Labute approximate surface area is 633 Å². The van der Waals surface area contributed by atoms with Crippen molar-refractivity contribution in [3.8, 4) is 33.4 Å². The third kappa shape index (κ3) is 9.90. The molecule has 0 saturated heterocycles. The molecule has 18 aromatic carbocycles. The smallest absolute Gasteiger partial charge is 0.179 e. The SMILES string of the molecule is Cc1ccc(-c2cccc3c2oc2c(N(c4cccc5ccccc45)c4cc5c(c6ccccc46)-c4ccc(N(c6cccc7ccccc67)c6cccc7c6oc6c(-c8ccc([Si](c9ccccc9)(c9ccccc9)c9ccccc9)cc8)cccc67)cc4C5(c4ccccc4)c4ccccc4)cccc23)cc1. The topological polar surface area (TPSA) is 32.8 Å². The van der Waals surface area contributed by atoms with Crippen molar-refractivity contribution in [3.63, 3.8) is 0 Å². The number of rotatable bonds is 14. The van der Waals surface area contributed by atoms with Crippen LogP contribution in [0.5, 0.6) is 0 Å². The number of furan rings is 2. The van der Waals surface area contributed by atoms with Gasteiger partial charge in [0.1, 0.15) is 11.2 Å². The first-order valence-corrected chi connectivity index (χ1v) is 39.6. The van der Waals surface area contributed by atoms with Gasteiger partial charge >= 0.3 is 0 Å². The minimum Gasteiger partial charge on any atom is -0.453 e. The minimum absolute atomic E-state index is 0.800. The van der Waals surface area contributed by atoms with E-state index in [4.69, 9.17) is 8.83 Å². The van der Waals surface area contributed by atoms with E-state index in [2.05, 4.69) is 423 Å². The lowest BCUT2D eigenvalue weighted by Crippen LogP contribution is -2.74.